The van der Waals surface area contributed by atoms with Crippen LogP contribution in [0.3, 0.4) is 0 Å². The Morgan fingerprint density at radius 1 is 1.33 bits per heavy atom. The number of benzene rings is 1. The second-order valence-corrected chi connectivity index (χ2v) is 3.52. The highest BCUT2D eigenvalue weighted by Gasteiger charge is 2.17. The van der Waals surface area contributed by atoms with Crippen molar-refractivity contribution in [3.63, 3.8) is 0 Å². The number of nitrogens with zero attached hydrogens (tertiary/aromatic N) is 1. The molecule has 0 unspecified atom stereocenters. The largest absolute Gasteiger partial charge is 0.295 e. The van der Waals surface area contributed by atoms with E-state index in [1.54, 1.807) is 5.56 Å². The third-order valence-corrected chi connectivity index (χ3v) is 2.73. The molecule has 0 aromatic heterocycles. The van der Waals surface area contributed by atoms with E-state index in [9.17, 15) is 0 Å². The maximum Gasteiger partial charge on any atom is 0.0243 e. The summed E-state index contributed by atoms with van der Waals surface area (Å²) in [4.78, 5) is 2.47. The maximum absolute atomic E-state index is 2.47. The summed E-state index contributed by atoms with van der Waals surface area (Å²) in [7, 11) is 0. The van der Waals surface area contributed by atoms with Gasteiger partial charge in [0.25, 0.3) is 0 Å². The first kappa shape index (κ1) is 7.81. The molecule has 1 heterocycles. The molecule has 0 fully saturated rings. The molecule has 0 spiro atoms. The highest BCUT2D eigenvalue weighted by molar-refractivity contribution is 5.36. The second-order valence-electron chi connectivity index (χ2n) is 3.52. The van der Waals surface area contributed by atoms with Crippen LogP contribution in [0.25, 0.3) is 0 Å². The van der Waals surface area contributed by atoms with Crippen LogP contribution in [0, 0.1) is 6.92 Å². The van der Waals surface area contributed by atoms with Gasteiger partial charge in [-0.05, 0) is 30.2 Å². The maximum atomic E-state index is 2.47. The molecule has 1 aliphatic rings. The van der Waals surface area contributed by atoms with Crippen molar-refractivity contribution in [2.24, 2.45) is 0 Å². The zero-order valence-corrected chi connectivity index (χ0v) is 7.80. The molecule has 0 amide bonds. The van der Waals surface area contributed by atoms with Crippen molar-refractivity contribution in [2.45, 2.75) is 26.9 Å². The Hall–Kier alpha value is -0.820. The second kappa shape index (κ2) is 2.91. The third-order valence-electron chi connectivity index (χ3n) is 2.73. The quantitative estimate of drug-likeness (QED) is 0.611. The van der Waals surface area contributed by atoms with Crippen molar-refractivity contribution in [1.29, 1.82) is 0 Å². The van der Waals surface area contributed by atoms with Crippen LogP contribution in [-0.2, 0) is 13.1 Å². The zero-order valence-electron chi connectivity index (χ0n) is 7.80. The molecule has 1 aromatic rings. The fourth-order valence-electron chi connectivity index (χ4n) is 1.88. The number of fused-ring (bicyclic) bond motifs is 1. The molecule has 1 nitrogen and oxygen atoms in total. The Bertz CT molecular complexity index is 291. The van der Waals surface area contributed by atoms with E-state index in [0.717, 1.165) is 19.6 Å². The minimum absolute atomic E-state index is 1.15. The average molecular weight is 161 g/mol. The van der Waals surface area contributed by atoms with E-state index in [-0.39, 0.29) is 0 Å². The molecule has 0 saturated heterocycles. The van der Waals surface area contributed by atoms with Crippen LogP contribution >= 0.6 is 0 Å². The van der Waals surface area contributed by atoms with Gasteiger partial charge in [0, 0.05) is 13.1 Å². The van der Waals surface area contributed by atoms with Crippen molar-refractivity contribution in [2.75, 3.05) is 6.54 Å². The van der Waals surface area contributed by atoms with Gasteiger partial charge in [-0.2, -0.15) is 0 Å². The zero-order chi connectivity index (χ0) is 8.55. The van der Waals surface area contributed by atoms with E-state index in [2.05, 4.69) is 36.9 Å². The van der Waals surface area contributed by atoms with Gasteiger partial charge >= 0.3 is 0 Å². The lowest BCUT2D eigenvalue weighted by atomic mass is 10.1. The normalized spacial score (nSPS) is 16.5. The molecule has 0 bridgehead atoms. The Morgan fingerprint density at radius 3 is 2.83 bits per heavy atom. The molecular weight excluding hydrogens is 146 g/mol. The summed E-state index contributed by atoms with van der Waals surface area (Å²) in [6.07, 6.45) is 0. The molecule has 2 rings (SSSR count). The third kappa shape index (κ3) is 1.14. The Labute approximate surface area is 74.0 Å². The number of hydrogen-bond donors (Lipinski definition) is 0. The predicted octanol–water partition coefficient (Wildman–Crippen LogP) is 2.33. The van der Waals surface area contributed by atoms with Crippen LogP contribution in [0.5, 0.6) is 0 Å². The van der Waals surface area contributed by atoms with E-state index in [0.29, 0.717) is 0 Å². The SMILES string of the molecule is CCN1Cc2cccc(C)c2C1. The van der Waals surface area contributed by atoms with E-state index in [1.165, 1.54) is 11.1 Å². The molecule has 0 saturated carbocycles. The smallest absolute Gasteiger partial charge is 0.0243 e. The van der Waals surface area contributed by atoms with Crippen LogP contribution in [0.15, 0.2) is 18.2 Å². The molecule has 64 valence electrons. The topological polar surface area (TPSA) is 3.24 Å². The van der Waals surface area contributed by atoms with E-state index < -0.39 is 0 Å². The monoisotopic (exact) mass is 161 g/mol. The van der Waals surface area contributed by atoms with Gasteiger partial charge in [0.2, 0.25) is 0 Å². The van der Waals surface area contributed by atoms with Gasteiger partial charge in [0.1, 0.15) is 0 Å². The summed E-state index contributed by atoms with van der Waals surface area (Å²) in [5, 5.41) is 0. The first-order valence-corrected chi connectivity index (χ1v) is 4.61. The van der Waals surface area contributed by atoms with Crippen molar-refractivity contribution >= 4 is 0 Å². The summed E-state index contributed by atoms with van der Waals surface area (Å²) in [5.41, 5.74) is 4.53. The van der Waals surface area contributed by atoms with Crippen LogP contribution in [0.2, 0.25) is 0 Å². The van der Waals surface area contributed by atoms with Gasteiger partial charge in [0.15, 0.2) is 0 Å². The van der Waals surface area contributed by atoms with Gasteiger partial charge in [-0.1, -0.05) is 25.1 Å². The molecule has 12 heavy (non-hydrogen) atoms. The predicted molar refractivity (Wildman–Crippen MR) is 51.0 cm³/mol. The highest BCUT2D eigenvalue weighted by Crippen LogP contribution is 2.24. The molecule has 1 heteroatoms. The van der Waals surface area contributed by atoms with Crippen LogP contribution < -0.4 is 0 Å². The standard InChI is InChI=1S/C11H15N/c1-3-12-7-10-6-4-5-9(2)11(10)8-12/h4-6H,3,7-8H2,1-2H3. The van der Waals surface area contributed by atoms with Crippen molar-refractivity contribution in [1.82, 2.24) is 4.90 Å². The molecule has 0 radical (unpaired) electrons. The molecule has 0 atom stereocenters. The van der Waals surface area contributed by atoms with Gasteiger partial charge in [0.05, 0.1) is 0 Å². The van der Waals surface area contributed by atoms with Crippen molar-refractivity contribution in [3.05, 3.63) is 34.9 Å². The van der Waals surface area contributed by atoms with E-state index in [1.807, 2.05) is 0 Å². The summed E-state index contributed by atoms with van der Waals surface area (Å²) in [6, 6.07) is 6.61. The number of aryl methyl sites for hydroxylation is 1. The lowest BCUT2D eigenvalue weighted by Crippen LogP contribution is -2.14. The Kier molecular flexibility index (Phi) is 1.89. The van der Waals surface area contributed by atoms with Crippen LogP contribution in [0.4, 0.5) is 0 Å². The van der Waals surface area contributed by atoms with E-state index in [4.69, 9.17) is 0 Å². The minimum atomic E-state index is 1.15. The first-order valence-electron chi connectivity index (χ1n) is 4.61. The van der Waals surface area contributed by atoms with Crippen molar-refractivity contribution in [3.8, 4) is 0 Å². The summed E-state index contributed by atoms with van der Waals surface area (Å²) >= 11 is 0. The van der Waals surface area contributed by atoms with Gasteiger partial charge in [-0.25, -0.2) is 0 Å². The molecular formula is C11H15N. The van der Waals surface area contributed by atoms with Gasteiger partial charge in [-0.3, -0.25) is 4.90 Å². The Morgan fingerprint density at radius 2 is 2.17 bits per heavy atom. The molecule has 1 aliphatic heterocycles. The minimum Gasteiger partial charge on any atom is -0.295 e. The molecule has 1 aromatic carbocycles. The Balaban J connectivity index is 2.35. The van der Waals surface area contributed by atoms with Gasteiger partial charge in [-0.15, -0.1) is 0 Å². The average Bonchev–Trinajstić information content (AvgIpc) is 2.49. The summed E-state index contributed by atoms with van der Waals surface area (Å²) in [6.45, 7) is 7.89. The van der Waals surface area contributed by atoms with Crippen LogP contribution in [0.1, 0.15) is 23.6 Å². The van der Waals surface area contributed by atoms with E-state index >= 15 is 0 Å². The van der Waals surface area contributed by atoms with Gasteiger partial charge < -0.3 is 0 Å². The summed E-state index contributed by atoms with van der Waals surface area (Å²) < 4.78 is 0. The first-order chi connectivity index (χ1) is 5.81. The fraction of sp³-hybridized carbons (Fsp3) is 0.455. The lowest BCUT2D eigenvalue weighted by molar-refractivity contribution is 0.300. The fourth-order valence-corrected chi connectivity index (χ4v) is 1.88. The lowest BCUT2D eigenvalue weighted by Gasteiger charge is -2.09. The van der Waals surface area contributed by atoms with Crippen LogP contribution in [-0.4, -0.2) is 11.4 Å². The molecule has 0 N–H and O–H groups in total. The highest BCUT2D eigenvalue weighted by atomic mass is 15.1. The number of hydrogen-bond acceptors (Lipinski definition) is 1. The summed E-state index contributed by atoms with van der Waals surface area (Å²) in [5.74, 6) is 0. The van der Waals surface area contributed by atoms with Crippen molar-refractivity contribution < 1.29 is 0 Å². The number of rotatable bonds is 1. The molecule has 0 aliphatic carbocycles.